The fraction of sp³-hybridized carbons (Fsp3) is 0.333. The van der Waals surface area contributed by atoms with E-state index in [1.165, 1.54) is 18.4 Å². The summed E-state index contributed by atoms with van der Waals surface area (Å²) in [4.78, 5) is 11.9. The highest BCUT2D eigenvalue weighted by Gasteiger charge is 2.18. The summed E-state index contributed by atoms with van der Waals surface area (Å²) >= 11 is 7.35. The van der Waals surface area contributed by atoms with E-state index < -0.39 is 5.97 Å². The molecule has 0 saturated heterocycles. The number of ether oxygens (including phenoxy) is 1. The van der Waals surface area contributed by atoms with Crippen molar-refractivity contribution in [2.24, 2.45) is 5.10 Å². The molecule has 0 fully saturated rings. The van der Waals surface area contributed by atoms with Gasteiger partial charge in [0.15, 0.2) is 0 Å². The Morgan fingerprint density at radius 1 is 1.72 bits per heavy atom. The van der Waals surface area contributed by atoms with E-state index in [0.29, 0.717) is 15.8 Å². The minimum Gasteiger partial charge on any atom is -0.465 e. The van der Waals surface area contributed by atoms with Crippen LogP contribution in [0.1, 0.15) is 29.1 Å². The van der Waals surface area contributed by atoms with Crippen LogP contribution in [0.15, 0.2) is 17.2 Å². The summed E-state index contributed by atoms with van der Waals surface area (Å²) in [5.41, 5.74) is 1.59. The first-order valence-corrected chi connectivity index (χ1v) is 6.56. The SMILES string of the molecule is C=NN(CC)C(=CC)c1cc(C(=O)OC)sc1Cl. The molecule has 1 aromatic rings. The Bertz CT molecular complexity index is 482. The molecule has 0 amide bonds. The number of carbonyl (C=O) groups excluding carboxylic acids is 1. The van der Waals surface area contributed by atoms with E-state index in [4.69, 9.17) is 11.6 Å². The van der Waals surface area contributed by atoms with E-state index in [9.17, 15) is 4.79 Å². The number of esters is 1. The van der Waals surface area contributed by atoms with Gasteiger partial charge in [-0.15, -0.1) is 11.3 Å². The third-order valence-electron chi connectivity index (χ3n) is 2.37. The average molecular weight is 287 g/mol. The number of allylic oxidation sites excluding steroid dienone is 1. The van der Waals surface area contributed by atoms with Gasteiger partial charge < -0.3 is 4.74 Å². The summed E-state index contributed by atoms with van der Waals surface area (Å²) in [6.45, 7) is 8.03. The third kappa shape index (κ3) is 2.91. The van der Waals surface area contributed by atoms with E-state index in [-0.39, 0.29) is 0 Å². The first-order valence-electron chi connectivity index (χ1n) is 5.37. The van der Waals surface area contributed by atoms with Crippen LogP contribution in [0.5, 0.6) is 0 Å². The molecule has 0 spiro atoms. The second-order valence-electron chi connectivity index (χ2n) is 3.32. The van der Waals surface area contributed by atoms with Gasteiger partial charge in [0.25, 0.3) is 0 Å². The van der Waals surface area contributed by atoms with Crippen molar-refractivity contribution >= 4 is 41.3 Å². The molecule has 6 heteroatoms. The van der Waals surface area contributed by atoms with Gasteiger partial charge in [-0.05, 0) is 19.9 Å². The van der Waals surface area contributed by atoms with Crippen LogP contribution in [0, 0.1) is 0 Å². The lowest BCUT2D eigenvalue weighted by molar-refractivity contribution is 0.0606. The average Bonchev–Trinajstić information content (AvgIpc) is 2.76. The number of methoxy groups -OCH3 is 1. The van der Waals surface area contributed by atoms with Gasteiger partial charge in [0.1, 0.15) is 9.21 Å². The van der Waals surface area contributed by atoms with Gasteiger partial charge in [-0.3, -0.25) is 5.01 Å². The van der Waals surface area contributed by atoms with Crippen LogP contribution in [-0.4, -0.2) is 31.4 Å². The first-order chi connectivity index (χ1) is 8.58. The fourth-order valence-electron chi connectivity index (χ4n) is 1.53. The summed E-state index contributed by atoms with van der Waals surface area (Å²) < 4.78 is 5.21. The predicted molar refractivity (Wildman–Crippen MR) is 76.2 cm³/mol. The van der Waals surface area contributed by atoms with Gasteiger partial charge in [0, 0.05) is 18.8 Å². The molecule has 0 aromatic carbocycles. The van der Waals surface area contributed by atoms with Crippen LogP contribution in [0.2, 0.25) is 4.34 Å². The van der Waals surface area contributed by atoms with Crippen molar-refractivity contribution in [3.05, 3.63) is 26.9 Å². The Hall–Kier alpha value is -1.33. The van der Waals surface area contributed by atoms with Gasteiger partial charge in [-0.1, -0.05) is 17.7 Å². The maximum absolute atomic E-state index is 11.5. The molecule has 1 heterocycles. The van der Waals surface area contributed by atoms with E-state index in [1.54, 1.807) is 11.1 Å². The number of hydrogen-bond acceptors (Lipinski definition) is 5. The van der Waals surface area contributed by atoms with Gasteiger partial charge >= 0.3 is 5.97 Å². The van der Waals surface area contributed by atoms with Crippen molar-refractivity contribution in [1.82, 2.24) is 5.01 Å². The van der Waals surface area contributed by atoms with E-state index >= 15 is 0 Å². The summed E-state index contributed by atoms with van der Waals surface area (Å²) in [6, 6.07) is 1.71. The number of hydrazone groups is 1. The zero-order valence-corrected chi connectivity index (χ0v) is 12.1. The van der Waals surface area contributed by atoms with Crippen molar-refractivity contribution in [3.63, 3.8) is 0 Å². The Morgan fingerprint density at radius 2 is 2.39 bits per heavy atom. The molecule has 1 aromatic heterocycles. The normalized spacial score (nSPS) is 11.2. The van der Waals surface area contributed by atoms with Crippen LogP contribution in [-0.2, 0) is 4.74 Å². The monoisotopic (exact) mass is 286 g/mol. The highest BCUT2D eigenvalue weighted by Crippen LogP contribution is 2.34. The molecule has 0 saturated carbocycles. The highest BCUT2D eigenvalue weighted by molar-refractivity contribution is 7.18. The Kier molecular flexibility index (Phi) is 5.37. The standard InChI is InChI=1S/C12H15ClN2O2S/c1-5-9(15(6-2)14-3)8-7-10(12(16)17-4)18-11(8)13/h5,7H,3,6H2,1-2,4H3. The molecule has 18 heavy (non-hydrogen) atoms. The quantitative estimate of drug-likeness (QED) is 0.473. The number of nitrogens with zero attached hydrogens (tertiary/aromatic N) is 2. The maximum Gasteiger partial charge on any atom is 0.348 e. The van der Waals surface area contributed by atoms with Gasteiger partial charge in [0.2, 0.25) is 0 Å². The Morgan fingerprint density at radius 3 is 2.83 bits per heavy atom. The fourth-order valence-corrected chi connectivity index (χ4v) is 2.75. The third-order valence-corrected chi connectivity index (χ3v) is 3.71. The lowest BCUT2D eigenvalue weighted by Gasteiger charge is -2.19. The molecule has 0 aliphatic rings. The second-order valence-corrected chi connectivity index (χ2v) is 4.97. The molecule has 1 rings (SSSR count). The predicted octanol–water partition coefficient (Wildman–Crippen LogP) is 3.49. The van der Waals surface area contributed by atoms with Crippen LogP contribution in [0.3, 0.4) is 0 Å². The summed E-state index contributed by atoms with van der Waals surface area (Å²) in [5.74, 6) is -0.391. The summed E-state index contributed by atoms with van der Waals surface area (Å²) in [5, 5.41) is 5.63. The van der Waals surface area contributed by atoms with E-state index in [2.05, 4.69) is 16.6 Å². The molecule has 0 bridgehead atoms. The van der Waals surface area contributed by atoms with E-state index in [0.717, 1.165) is 11.3 Å². The number of halogens is 1. The molecular formula is C12H15ClN2O2S. The molecule has 0 atom stereocenters. The lowest BCUT2D eigenvalue weighted by Crippen LogP contribution is -2.14. The van der Waals surface area contributed by atoms with Crippen molar-refractivity contribution in [1.29, 1.82) is 0 Å². The largest absolute Gasteiger partial charge is 0.465 e. The molecular weight excluding hydrogens is 272 g/mol. The molecule has 98 valence electrons. The first kappa shape index (κ1) is 14.7. The topological polar surface area (TPSA) is 41.9 Å². The van der Waals surface area contributed by atoms with Crippen LogP contribution >= 0.6 is 22.9 Å². The van der Waals surface area contributed by atoms with Gasteiger partial charge in [0.05, 0.1) is 12.8 Å². The molecule has 0 aliphatic heterocycles. The number of rotatable bonds is 5. The number of thiophene rings is 1. The van der Waals surface area contributed by atoms with Crippen molar-refractivity contribution in [3.8, 4) is 0 Å². The second kappa shape index (κ2) is 6.56. The molecule has 4 nitrogen and oxygen atoms in total. The zero-order valence-electron chi connectivity index (χ0n) is 10.6. The summed E-state index contributed by atoms with van der Waals surface area (Å²) in [6.07, 6.45) is 1.88. The number of hydrogen-bond donors (Lipinski definition) is 0. The Labute approximate surface area is 116 Å². The van der Waals surface area contributed by atoms with Crippen LogP contribution in [0.4, 0.5) is 0 Å². The summed E-state index contributed by atoms with van der Waals surface area (Å²) in [7, 11) is 1.34. The highest BCUT2D eigenvalue weighted by atomic mass is 35.5. The lowest BCUT2D eigenvalue weighted by atomic mass is 10.2. The van der Waals surface area contributed by atoms with E-state index in [1.807, 2.05) is 19.9 Å². The van der Waals surface area contributed by atoms with Crippen molar-refractivity contribution in [2.45, 2.75) is 13.8 Å². The zero-order chi connectivity index (χ0) is 13.7. The number of carbonyl (C=O) groups is 1. The van der Waals surface area contributed by atoms with Crippen molar-refractivity contribution < 1.29 is 9.53 Å². The molecule has 0 N–H and O–H groups in total. The van der Waals surface area contributed by atoms with Gasteiger partial charge in [-0.2, -0.15) is 5.10 Å². The van der Waals surface area contributed by atoms with Crippen molar-refractivity contribution in [2.75, 3.05) is 13.7 Å². The Balaban J connectivity index is 3.19. The molecule has 0 unspecified atom stereocenters. The van der Waals surface area contributed by atoms with Crippen LogP contribution in [0.25, 0.3) is 5.70 Å². The van der Waals surface area contributed by atoms with Crippen LogP contribution < -0.4 is 0 Å². The minimum atomic E-state index is -0.391. The maximum atomic E-state index is 11.5. The molecule has 0 radical (unpaired) electrons. The smallest absolute Gasteiger partial charge is 0.348 e. The minimum absolute atomic E-state index is 0.391. The molecule has 0 aliphatic carbocycles. The van der Waals surface area contributed by atoms with Gasteiger partial charge in [-0.25, -0.2) is 4.79 Å².